The lowest BCUT2D eigenvalue weighted by Gasteiger charge is -2.09. The average Bonchev–Trinajstić information content (AvgIpc) is 3.15. The normalized spacial score (nSPS) is 11.0. The van der Waals surface area contributed by atoms with Crippen molar-refractivity contribution in [2.45, 2.75) is 23.9 Å². The molecule has 1 N–H and O–H groups in total. The molecule has 0 amide bonds. The van der Waals surface area contributed by atoms with Crippen LogP contribution >= 0.6 is 23.1 Å². The SMILES string of the molecule is CCOc1ccccc1Nc1nnc(SCc2cc(=O)n3ccc(C)cc3n2)s1. The number of pyridine rings is 1. The fraction of sp³-hybridized carbons (Fsp3) is 0.200. The Morgan fingerprint density at radius 1 is 1.21 bits per heavy atom. The van der Waals surface area contributed by atoms with Crippen LogP contribution in [0.1, 0.15) is 18.2 Å². The zero-order valence-corrected chi connectivity index (χ0v) is 17.6. The number of aryl methyl sites for hydroxylation is 1. The van der Waals surface area contributed by atoms with Gasteiger partial charge in [0, 0.05) is 18.0 Å². The minimum atomic E-state index is -0.0854. The number of para-hydroxylation sites is 2. The summed E-state index contributed by atoms with van der Waals surface area (Å²) in [6.45, 7) is 4.52. The first-order chi connectivity index (χ1) is 14.1. The Hall–Kier alpha value is -2.91. The Labute approximate surface area is 175 Å². The maximum absolute atomic E-state index is 12.3. The second-order valence-corrected chi connectivity index (χ2v) is 8.43. The second kappa shape index (κ2) is 8.62. The zero-order valence-electron chi connectivity index (χ0n) is 16.0. The molecule has 29 heavy (non-hydrogen) atoms. The van der Waals surface area contributed by atoms with E-state index >= 15 is 0 Å². The summed E-state index contributed by atoms with van der Waals surface area (Å²) in [5.41, 5.74) is 3.20. The number of nitrogens with one attached hydrogen (secondary N) is 1. The molecule has 0 fully saturated rings. The van der Waals surface area contributed by atoms with Crippen LogP contribution in [-0.4, -0.2) is 26.2 Å². The predicted octanol–water partition coefficient (Wildman–Crippen LogP) is 4.29. The lowest BCUT2D eigenvalue weighted by atomic mass is 10.3. The summed E-state index contributed by atoms with van der Waals surface area (Å²) in [5.74, 6) is 1.32. The van der Waals surface area contributed by atoms with E-state index in [-0.39, 0.29) is 5.56 Å². The van der Waals surface area contributed by atoms with Crippen molar-refractivity contribution in [3.8, 4) is 5.75 Å². The molecule has 0 saturated carbocycles. The van der Waals surface area contributed by atoms with Gasteiger partial charge in [-0.2, -0.15) is 0 Å². The molecular weight excluding hydrogens is 406 g/mol. The number of benzene rings is 1. The van der Waals surface area contributed by atoms with Gasteiger partial charge in [0.05, 0.1) is 18.0 Å². The molecule has 1 aromatic carbocycles. The minimum Gasteiger partial charge on any atom is -0.492 e. The van der Waals surface area contributed by atoms with E-state index in [1.807, 2.05) is 50.2 Å². The van der Waals surface area contributed by atoms with Gasteiger partial charge in [-0.25, -0.2) is 4.98 Å². The standard InChI is InChI=1S/C20H19N5O2S2/c1-3-27-16-7-5-4-6-15(16)22-19-23-24-20(29-19)28-12-14-11-18(26)25-9-8-13(2)10-17(25)21-14/h4-11H,3,12H2,1-2H3,(H,22,23). The van der Waals surface area contributed by atoms with Gasteiger partial charge in [0.1, 0.15) is 11.4 Å². The third-order valence-corrected chi connectivity index (χ3v) is 6.06. The maximum atomic E-state index is 12.3. The third kappa shape index (κ3) is 4.57. The maximum Gasteiger partial charge on any atom is 0.258 e. The quantitative estimate of drug-likeness (QED) is 0.442. The molecule has 0 spiro atoms. The molecular formula is C20H19N5O2S2. The number of ether oxygens (including phenoxy) is 1. The fourth-order valence-corrected chi connectivity index (χ4v) is 4.41. The molecule has 0 aliphatic carbocycles. The van der Waals surface area contributed by atoms with Gasteiger partial charge in [-0.1, -0.05) is 35.2 Å². The highest BCUT2D eigenvalue weighted by Crippen LogP contribution is 2.32. The van der Waals surface area contributed by atoms with E-state index in [1.54, 1.807) is 16.7 Å². The number of hydrogen-bond donors (Lipinski definition) is 1. The van der Waals surface area contributed by atoms with Crippen LogP contribution in [0, 0.1) is 6.92 Å². The van der Waals surface area contributed by atoms with Crippen LogP contribution in [0.25, 0.3) is 5.65 Å². The largest absolute Gasteiger partial charge is 0.492 e. The van der Waals surface area contributed by atoms with E-state index < -0.39 is 0 Å². The summed E-state index contributed by atoms with van der Waals surface area (Å²) in [6.07, 6.45) is 1.75. The molecule has 0 aliphatic rings. The zero-order chi connectivity index (χ0) is 20.2. The first-order valence-corrected chi connectivity index (χ1v) is 10.9. The smallest absolute Gasteiger partial charge is 0.258 e. The summed E-state index contributed by atoms with van der Waals surface area (Å²) in [6, 6.07) is 13.1. The highest BCUT2D eigenvalue weighted by atomic mass is 32.2. The van der Waals surface area contributed by atoms with Crippen molar-refractivity contribution in [1.29, 1.82) is 0 Å². The van der Waals surface area contributed by atoms with Gasteiger partial charge >= 0.3 is 0 Å². The van der Waals surface area contributed by atoms with E-state index in [9.17, 15) is 4.79 Å². The molecule has 4 aromatic rings. The van der Waals surface area contributed by atoms with Crippen LogP contribution in [0.15, 0.2) is 57.8 Å². The Kier molecular flexibility index (Phi) is 5.77. The Bertz CT molecular complexity index is 1200. The van der Waals surface area contributed by atoms with E-state index in [1.165, 1.54) is 23.1 Å². The molecule has 0 bridgehead atoms. The predicted molar refractivity (Wildman–Crippen MR) is 117 cm³/mol. The van der Waals surface area contributed by atoms with Crippen molar-refractivity contribution in [2.24, 2.45) is 0 Å². The molecule has 0 radical (unpaired) electrons. The first kappa shape index (κ1) is 19.4. The number of nitrogens with zero attached hydrogens (tertiary/aromatic N) is 4. The molecule has 0 unspecified atom stereocenters. The molecule has 4 rings (SSSR count). The Morgan fingerprint density at radius 3 is 2.93 bits per heavy atom. The number of fused-ring (bicyclic) bond motifs is 1. The number of rotatable bonds is 7. The van der Waals surface area contributed by atoms with Gasteiger partial charge in [-0.3, -0.25) is 9.20 Å². The topological polar surface area (TPSA) is 81.4 Å². The van der Waals surface area contributed by atoms with Crippen molar-refractivity contribution >= 4 is 39.6 Å². The highest BCUT2D eigenvalue weighted by Gasteiger charge is 2.10. The van der Waals surface area contributed by atoms with Gasteiger partial charge in [-0.15, -0.1) is 10.2 Å². The van der Waals surface area contributed by atoms with E-state index in [2.05, 4.69) is 20.5 Å². The molecule has 3 aromatic heterocycles. The van der Waals surface area contributed by atoms with Crippen LogP contribution < -0.4 is 15.6 Å². The van der Waals surface area contributed by atoms with Crippen LogP contribution in [0.2, 0.25) is 0 Å². The van der Waals surface area contributed by atoms with Crippen LogP contribution in [0.5, 0.6) is 5.75 Å². The van der Waals surface area contributed by atoms with E-state index in [0.29, 0.717) is 23.1 Å². The summed E-state index contributed by atoms with van der Waals surface area (Å²) >= 11 is 2.95. The summed E-state index contributed by atoms with van der Waals surface area (Å²) in [5, 5.41) is 12.4. The number of thioether (sulfide) groups is 1. The molecule has 0 saturated heterocycles. The van der Waals surface area contributed by atoms with Crippen molar-refractivity contribution in [2.75, 3.05) is 11.9 Å². The van der Waals surface area contributed by atoms with Gasteiger partial charge < -0.3 is 10.1 Å². The molecule has 9 heteroatoms. The summed E-state index contributed by atoms with van der Waals surface area (Å²) in [4.78, 5) is 16.9. The lowest BCUT2D eigenvalue weighted by Crippen LogP contribution is -2.15. The lowest BCUT2D eigenvalue weighted by molar-refractivity contribution is 0.342. The van der Waals surface area contributed by atoms with Gasteiger partial charge in [0.15, 0.2) is 4.34 Å². The van der Waals surface area contributed by atoms with E-state index in [4.69, 9.17) is 4.74 Å². The molecule has 3 heterocycles. The van der Waals surface area contributed by atoms with Crippen LogP contribution in [0.3, 0.4) is 0 Å². The number of hydrogen-bond acceptors (Lipinski definition) is 8. The minimum absolute atomic E-state index is 0.0854. The fourth-order valence-electron chi connectivity index (χ4n) is 2.75. The van der Waals surface area contributed by atoms with Crippen LogP contribution in [0.4, 0.5) is 10.8 Å². The van der Waals surface area contributed by atoms with Crippen molar-refractivity contribution in [3.05, 3.63) is 70.3 Å². The third-order valence-electron chi connectivity index (χ3n) is 4.05. The average molecular weight is 426 g/mol. The van der Waals surface area contributed by atoms with Crippen molar-refractivity contribution < 1.29 is 4.74 Å². The molecule has 148 valence electrons. The number of anilines is 2. The molecule has 0 atom stereocenters. The Balaban J connectivity index is 1.46. The van der Waals surface area contributed by atoms with Gasteiger partial charge in [0.2, 0.25) is 5.13 Å². The van der Waals surface area contributed by atoms with E-state index in [0.717, 1.165) is 27.0 Å². The second-order valence-electron chi connectivity index (χ2n) is 6.23. The molecule has 0 aliphatic heterocycles. The van der Waals surface area contributed by atoms with Crippen molar-refractivity contribution in [1.82, 2.24) is 19.6 Å². The Morgan fingerprint density at radius 2 is 2.07 bits per heavy atom. The molecule has 7 nitrogen and oxygen atoms in total. The summed E-state index contributed by atoms with van der Waals surface area (Å²) in [7, 11) is 0. The first-order valence-electron chi connectivity index (χ1n) is 9.06. The van der Waals surface area contributed by atoms with Gasteiger partial charge in [-0.05, 0) is 43.7 Å². The van der Waals surface area contributed by atoms with Crippen LogP contribution in [-0.2, 0) is 5.75 Å². The van der Waals surface area contributed by atoms with Gasteiger partial charge in [0.25, 0.3) is 5.56 Å². The highest BCUT2D eigenvalue weighted by molar-refractivity contribution is 8.00. The number of aromatic nitrogens is 4. The van der Waals surface area contributed by atoms with Crippen molar-refractivity contribution in [3.63, 3.8) is 0 Å². The monoisotopic (exact) mass is 425 g/mol. The summed E-state index contributed by atoms with van der Waals surface area (Å²) < 4.78 is 7.97.